The molecule has 5 nitrogen and oxygen atoms in total. The summed E-state index contributed by atoms with van der Waals surface area (Å²) in [4.78, 5) is 6.37. The molecule has 0 aliphatic carbocycles. The number of pyridine rings is 1. The summed E-state index contributed by atoms with van der Waals surface area (Å²) in [6.45, 7) is 2.05. The maximum absolute atomic E-state index is 5.96. The summed E-state index contributed by atoms with van der Waals surface area (Å²) in [5, 5.41) is 7.09. The molecule has 0 spiro atoms. The number of piperidine rings is 1. The molecule has 1 fully saturated rings. The van der Waals surface area contributed by atoms with Crippen LogP contribution in [-0.2, 0) is 0 Å². The number of nitrogens with zero attached hydrogens (tertiary/aromatic N) is 3. The van der Waals surface area contributed by atoms with E-state index in [1.807, 2.05) is 12.3 Å². The van der Waals surface area contributed by atoms with Crippen LogP contribution in [0.15, 0.2) is 30.7 Å². The van der Waals surface area contributed by atoms with Gasteiger partial charge in [-0.05, 0) is 25.0 Å². The first-order valence-electron chi connectivity index (χ1n) is 6.28. The van der Waals surface area contributed by atoms with Gasteiger partial charge in [-0.1, -0.05) is 0 Å². The minimum Gasteiger partial charge on any atom is -0.396 e. The summed E-state index contributed by atoms with van der Waals surface area (Å²) in [5.74, 6) is 0.590. The maximum Gasteiger partial charge on any atom is 0.0738 e. The number of anilines is 2. The lowest BCUT2D eigenvalue weighted by Gasteiger charge is -2.33. The van der Waals surface area contributed by atoms with Gasteiger partial charge in [0.2, 0.25) is 0 Å². The van der Waals surface area contributed by atoms with Gasteiger partial charge in [-0.25, -0.2) is 0 Å². The molecule has 3 N–H and O–H groups in total. The van der Waals surface area contributed by atoms with E-state index in [0.717, 1.165) is 37.3 Å². The first-order chi connectivity index (χ1) is 8.84. The molecule has 0 radical (unpaired) electrons. The minimum absolute atomic E-state index is 0.590. The summed E-state index contributed by atoms with van der Waals surface area (Å²) in [6.07, 6.45) is 7.60. The molecule has 0 unspecified atom stereocenters. The smallest absolute Gasteiger partial charge is 0.0738 e. The second-order valence-corrected chi connectivity index (χ2v) is 4.71. The van der Waals surface area contributed by atoms with Crippen LogP contribution in [0.1, 0.15) is 24.5 Å². The molecular weight excluding hydrogens is 226 g/mol. The molecule has 0 bridgehead atoms. The summed E-state index contributed by atoms with van der Waals surface area (Å²) in [5.41, 5.74) is 9.07. The van der Waals surface area contributed by atoms with Crippen LogP contribution < -0.4 is 10.6 Å². The number of hydrogen-bond donors (Lipinski definition) is 2. The monoisotopic (exact) mass is 243 g/mol. The molecule has 5 heteroatoms. The van der Waals surface area contributed by atoms with E-state index >= 15 is 0 Å². The summed E-state index contributed by atoms with van der Waals surface area (Å²) < 4.78 is 0. The Hall–Kier alpha value is -2.04. The SMILES string of the molecule is Nc1cnccc1N1CCC(c2ccn[nH]2)CC1. The zero-order chi connectivity index (χ0) is 12.4. The zero-order valence-corrected chi connectivity index (χ0v) is 10.2. The first kappa shape index (κ1) is 11.1. The van der Waals surface area contributed by atoms with Gasteiger partial charge in [-0.15, -0.1) is 0 Å². The lowest BCUT2D eigenvalue weighted by atomic mass is 9.93. The van der Waals surface area contributed by atoms with E-state index < -0.39 is 0 Å². The van der Waals surface area contributed by atoms with Crippen molar-refractivity contribution >= 4 is 11.4 Å². The van der Waals surface area contributed by atoms with Crippen molar-refractivity contribution in [3.05, 3.63) is 36.4 Å². The third-order valence-electron chi connectivity index (χ3n) is 3.63. The van der Waals surface area contributed by atoms with Crippen molar-refractivity contribution in [3.8, 4) is 0 Å². The summed E-state index contributed by atoms with van der Waals surface area (Å²) in [7, 11) is 0. The maximum atomic E-state index is 5.96. The van der Waals surface area contributed by atoms with E-state index in [-0.39, 0.29) is 0 Å². The highest BCUT2D eigenvalue weighted by Crippen LogP contribution is 2.31. The summed E-state index contributed by atoms with van der Waals surface area (Å²) in [6, 6.07) is 4.06. The van der Waals surface area contributed by atoms with Crippen molar-refractivity contribution in [3.63, 3.8) is 0 Å². The average Bonchev–Trinajstić information content (AvgIpc) is 2.94. The molecule has 0 atom stereocenters. The van der Waals surface area contributed by atoms with Crippen LogP contribution in [0.25, 0.3) is 0 Å². The average molecular weight is 243 g/mol. The Morgan fingerprint density at radius 1 is 1.22 bits per heavy atom. The van der Waals surface area contributed by atoms with Gasteiger partial charge in [0, 0.05) is 37.1 Å². The number of nitrogen functional groups attached to an aromatic ring is 1. The highest BCUT2D eigenvalue weighted by atomic mass is 15.2. The number of nitrogens with two attached hydrogens (primary N) is 1. The standard InChI is InChI=1S/C13H17N5/c14-11-9-15-5-2-13(11)18-7-3-10(4-8-18)12-1-6-16-17-12/h1-2,5-6,9-10H,3-4,7-8,14H2,(H,16,17). The Kier molecular flexibility index (Phi) is 2.88. The Morgan fingerprint density at radius 3 is 2.72 bits per heavy atom. The van der Waals surface area contributed by atoms with E-state index in [1.54, 1.807) is 12.4 Å². The number of nitrogens with one attached hydrogen (secondary N) is 1. The van der Waals surface area contributed by atoms with Gasteiger partial charge >= 0.3 is 0 Å². The molecular formula is C13H17N5. The van der Waals surface area contributed by atoms with Crippen molar-refractivity contribution in [2.75, 3.05) is 23.7 Å². The lowest BCUT2D eigenvalue weighted by Crippen LogP contribution is -2.33. The van der Waals surface area contributed by atoms with Gasteiger partial charge in [-0.2, -0.15) is 5.10 Å². The second-order valence-electron chi connectivity index (χ2n) is 4.71. The number of aromatic amines is 1. The van der Waals surface area contributed by atoms with Gasteiger partial charge in [0.25, 0.3) is 0 Å². The van der Waals surface area contributed by atoms with Gasteiger partial charge in [0.1, 0.15) is 0 Å². The minimum atomic E-state index is 0.590. The molecule has 3 rings (SSSR count). The highest BCUT2D eigenvalue weighted by Gasteiger charge is 2.22. The molecule has 1 aliphatic rings. The van der Waals surface area contributed by atoms with Crippen LogP contribution in [0.3, 0.4) is 0 Å². The van der Waals surface area contributed by atoms with Gasteiger partial charge < -0.3 is 10.6 Å². The van der Waals surface area contributed by atoms with Crippen LogP contribution in [0, 0.1) is 0 Å². The molecule has 1 aliphatic heterocycles. The van der Waals surface area contributed by atoms with E-state index in [2.05, 4.69) is 26.1 Å². The molecule has 1 saturated heterocycles. The second kappa shape index (κ2) is 4.68. The third kappa shape index (κ3) is 2.03. The number of rotatable bonds is 2. The summed E-state index contributed by atoms with van der Waals surface area (Å²) >= 11 is 0. The number of hydrogen-bond acceptors (Lipinski definition) is 4. The van der Waals surface area contributed by atoms with Gasteiger partial charge in [0.05, 0.1) is 17.6 Å². The Balaban J connectivity index is 1.69. The molecule has 3 heterocycles. The van der Waals surface area contributed by atoms with Crippen molar-refractivity contribution < 1.29 is 0 Å². The van der Waals surface area contributed by atoms with E-state index in [0.29, 0.717) is 5.92 Å². The predicted molar refractivity (Wildman–Crippen MR) is 71.4 cm³/mol. The molecule has 0 amide bonds. The van der Waals surface area contributed by atoms with Crippen LogP contribution in [0.4, 0.5) is 11.4 Å². The lowest BCUT2D eigenvalue weighted by molar-refractivity contribution is 0.496. The largest absolute Gasteiger partial charge is 0.396 e. The molecule has 0 aromatic carbocycles. The molecule has 94 valence electrons. The Bertz CT molecular complexity index is 500. The van der Waals surface area contributed by atoms with Gasteiger partial charge in [-0.3, -0.25) is 10.1 Å². The fourth-order valence-corrected chi connectivity index (χ4v) is 2.61. The van der Waals surface area contributed by atoms with Crippen LogP contribution in [0.5, 0.6) is 0 Å². The fourth-order valence-electron chi connectivity index (χ4n) is 2.61. The quantitative estimate of drug-likeness (QED) is 0.843. The van der Waals surface area contributed by atoms with Crippen molar-refractivity contribution in [2.24, 2.45) is 0 Å². The van der Waals surface area contributed by atoms with E-state index in [1.165, 1.54) is 5.69 Å². The number of H-pyrrole nitrogens is 1. The van der Waals surface area contributed by atoms with Crippen molar-refractivity contribution in [2.45, 2.75) is 18.8 Å². The normalized spacial score (nSPS) is 17.0. The highest BCUT2D eigenvalue weighted by molar-refractivity contribution is 5.66. The van der Waals surface area contributed by atoms with E-state index in [9.17, 15) is 0 Å². The fraction of sp³-hybridized carbons (Fsp3) is 0.385. The van der Waals surface area contributed by atoms with Crippen molar-refractivity contribution in [1.29, 1.82) is 0 Å². The Morgan fingerprint density at radius 2 is 2.06 bits per heavy atom. The van der Waals surface area contributed by atoms with Crippen LogP contribution in [0.2, 0.25) is 0 Å². The van der Waals surface area contributed by atoms with Crippen LogP contribution in [-0.4, -0.2) is 28.3 Å². The molecule has 0 saturated carbocycles. The third-order valence-corrected chi connectivity index (χ3v) is 3.63. The topological polar surface area (TPSA) is 70.8 Å². The zero-order valence-electron chi connectivity index (χ0n) is 10.2. The van der Waals surface area contributed by atoms with Crippen molar-refractivity contribution in [1.82, 2.24) is 15.2 Å². The Labute approximate surface area is 106 Å². The van der Waals surface area contributed by atoms with Crippen LogP contribution >= 0.6 is 0 Å². The van der Waals surface area contributed by atoms with Gasteiger partial charge in [0.15, 0.2) is 0 Å². The first-order valence-corrected chi connectivity index (χ1v) is 6.28. The molecule has 2 aromatic heterocycles. The predicted octanol–water partition coefficient (Wildman–Crippen LogP) is 1.77. The molecule has 18 heavy (non-hydrogen) atoms. The molecule has 2 aromatic rings. The number of aromatic nitrogens is 3. The van der Waals surface area contributed by atoms with E-state index in [4.69, 9.17) is 5.73 Å².